The highest BCUT2D eigenvalue weighted by Crippen LogP contribution is 2.43. The van der Waals surface area contributed by atoms with Crippen molar-refractivity contribution in [2.45, 2.75) is 24.3 Å². The molecule has 0 aromatic heterocycles. The highest BCUT2D eigenvalue weighted by Gasteiger charge is 2.31. The van der Waals surface area contributed by atoms with Crippen LogP contribution in [0.3, 0.4) is 0 Å². The minimum absolute atomic E-state index is 0.298. The number of hydrogen-bond donors (Lipinski definition) is 1. The molecule has 0 radical (unpaired) electrons. The highest BCUT2D eigenvalue weighted by atomic mass is 32.2. The topological polar surface area (TPSA) is 46.2 Å². The van der Waals surface area contributed by atoms with Gasteiger partial charge in [0.25, 0.3) is 0 Å². The van der Waals surface area contributed by atoms with Crippen molar-refractivity contribution >= 4 is 10.0 Å². The quantitative estimate of drug-likeness (QED) is 0.763. The molecule has 0 fully saturated rings. The van der Waals surface area contributed by atoms with E-state index >= 15 is 0 Å². The lowest BCUT2D eigenvalue weighted by molar-refractivity contribution is 0.573. The molecule has 4 rings (SSSR count). The van der Waals surface area contributed by atoms with Gasteiger partial charge in [-0.3, -0.25) is 0 Å². The van der Waals surface area contributed by atoms with Crippen molar-refractivity contribution in [1.29, 1.82) is 0 Å². The minimum Gasteiger partial charge on any atom is -0.207 e. The molecule has 0 amide bonds. The third-order valence-electron chi connectivity index (χ3n) is 4.75. The second kappa shape index (κ2) is 6.14. The van der Waals surface area contributed by atoms with E-state index in [1.54, 1.807) is 12.1 Å². The largest absolute Gasteiger partial charge is 0.241 e. The zero-order chi connectivity index (χ0) is 17.4. The summed E-state index contributed by atoms with van der Waals surface area (Å²) in [6.45, 7) is 2.05. The molecular formula is C21H19NO2S. The molecule has 1 aliphatic rings. The van der Waals surface area contributed by atoms with Gasteiger partial charge in [-0.05, 0) is 46.4 Å². The Balaban J connectivity index is 1.75. The van der Waals surface area contributed by atoms with Gasteiger partial charge in [-0.1, -0.05) is 67.6 Å². The molecule has 0 bridgehead atoms. The lowest BCUT2D eigenvalue weighted by Gasteiger charge is -2.16. The summed E-state index contributed by atoms with van der Waals surface area (Å²) in [5.41, 5.74) is 5.30. The molecule has 1 aliphatic carbocycles. The molecule has 0 saturated carbocycles. The van der Waals surface area contributed by atoms with E-state index in [1.165, 1.54) is 0 Å². The second-order valence-corrected chi connectivity index (χ2v) is 7.94. The summed E-state index contributed by atoms with van der Waals surface area (Å²) in [4.78, 5) is 0.298. The maximum absolute atomic E-state index is 12.9. The Morgan fingerprint density at radius 2 is 1.32 bits per heavy atom. The van der Waals surface area contributed by atoms with Gasteiger partial charge in [0.05, 0.1) is 10.9 Å². The van der Waals surface area contributed by atoms with Crippen molar-refractivity contribution in [3.63, 3.8) is 0 Å². The van der Waals surface area contributed by atoms with Crippen molar-refractivity contribution in [2.24, 2.45) is 0 Å². The molecule has 3 nitrogen and oxygen atoms in total. The van der Waals surface area contributed by atoms with Crippen LogP contribution in [0.2, 0.25) is 0 Å². The van der Waals surface area contributed by atoms with E-state index in [0.717, 1.165) is 34.2 Å². The van der Waals surface area contributed by atoms with Crippen molar-refractivity contribution in [3.8, 4) is 11.1 Å². The number of hydrogen-bond acceptors (Lipinski definition) is 2. The maximum Gasteiger partial charge on any atom is 0.241 e. The summed E-state index contributed by atoms with van der Waals surface area (Å²) in [7, 11) is -3.60. The molecule has 4 heteroatoms. The van der Waals surface area contributed by atoms with Crippen molar-refractivity contribution in [1.82, 2.24) is 4.72 Å². The van der Waals surface area contributed by atoms with Crippen LogP contribution in [0.4, 0.5) is 0 Å². The molecule has 0 unspecified atom stereocenters. The number of nitrogens with one attached hydrogen (secondary N) is 1. The Hall–Kier alpha value is -2.43. The molecule has 0 saturated heterocycles. The van der Waals surface area contributed by atoms with Gasteiger partial charge >= 0.3 is 0 Å². The standard InChI is InChI=1S/C21H19NO2S/c1-2-15-11-13-16(14-12-15)25(23,24)22-21-19-9-5-3-7-17(19)18-8-4-6-10-20(18)21/h3-14,21-22H,2H2,1H3. The molecule has 0 spiro atoms. The molecule has 3 aromatic carbocycles. The number of aryl methyl sites for hydroxylation is 1. The van der Waals surface area contributed by atoms with E-state index in [0.29, 0.717) is 4.90 Å². The summed E-state index contributed by atoms with van der Waals surface area (Å²) in [5, 5.41) is 0. The van der Waals surface area contributed by atoms with Crippen LogP contribution in [0.1, 0.15) is 29.7 Å². The van der Waals surface area contributed by atoms with Gasteiger partial charge in [0.2, 0.25) is 10.0 Å². The summed E-state index contributed by atoms with van der Waals surface area (Å²) in [6.07, 6.45) is 0.886. The van der Waals surface area contributed by atoms with Crippen LogP contribution < -0.4 is 4.72 Å². The van der Waals surface area contributed by atoms with E-state index in [2.05, 4.69) is 4.72 Å². The van der Waals surface area contributed by atoms with Crippen LogP contribution in [-0.4, -0.2) is 8.42 Å². The number of benzene rings is 3. The van der Waals surface area contributed by atoms with Gasteiger partial charge in [0.1, 0.15) is 0 Å². The predicted molar refractivity (Wildman–Crippen MR) is 99.9 cm³/mol. The summed E-state index contributed by atoms with van der Waals surface area (Å²) >= 11 is 0. The fourth-order valence-corrected chi connectivity index (χ4v) is 4.60. The third-order valence-corrected chi connectivity index (χ3v) is 6.19. The average Bonchev–Trinajstić information content (AvgIpc) is 2.96. The van der Waals surface area contributed by atoms with Crippen LogP contribution in [0.25, 0.3) is 11.1 Å². The van der Waals surface area contributed by atoms with Crippen LogP contribution in [0.15, 0.2) is 77.7 Å². The molecule has 25 heavy (non-hydrogen) atoms. The van der Waals surface area contributed by atoms with Crippen LogP contribution >= 0.6 is 0 Å². The average molecular weight is 349 g/mol. The molecule has 0 heterocycles. The lowest BCUT2D eigenvalue weighted by Crippen LogP contribution is -2.28. The number of rotatable bonds is 4. The van der Waals surface area contributed by atoms with E-state index in [9.17, 15) is 8.42 Å². The second-order valence-electron chi connectivity index (χ2n) is 6.23. The first kappa shape index (κ1) is 16.1. The van der Waals surface area contributed by atoms with Gasteiger partial charge in [-0.25, -0.2) is 8.42 Å². The zero-order valence-corrected chi connectivity index (χ0v) is 14.8. The zero-order valence-electron chi connectivity index (χ0n) is 13.9. The van der Waals surface area contributed by atoms with Crippen LogP contribution in [-0.2, 0) is 16.4 Å². The number of fused-ring (bicyclic) bond motifs is 3. The van der Waals surface area contributed by atoms with Gasteiger partial charge in [0, 0.05) is 0 Å². The third kappa shape index (κ3) is 2.77. The number of sulfonamides is 1. The summed E-state index contributed by atoms with van der Waals surface area (Å²) in [5.74, 6) is 0. The molecule has 0 aliphatic heterocycles. The summed E-state index contributed by atoms with van der Waals surface area (Å²) in [6, 6.07) is 22.6. The summed E-state index contributed by atoms with van der Waals surface area (Å²) < 4.78 is 28.7. The lowest BCUT2D eigenvalue weighted by atomic mass is 10.1. The highest BCUT2D eigenvalue weighted by molar-refractivity contribution is 7.89. The Bertz CT molecular complexity index is 978. The fourth-order valence-electron chi connectivity index (χ4n) is 3.41. The first-order chi connectivity index (χ1) is 12.1. The molecule has 1 N–H and O–H groups in total. The Kier molecular flexibility index (Phi) is 3.94. The normalized spacial score (nSPS) is 13.5. The van der Waals surface area contributed by atoms with Crippen molar-refractivity contribution in [2.75, 3.05) is 0 Å². The SMILES string of the molecule is CCc1ccc(S(=O)(=O)NC2c3ccccc3-c3ccccc32)cc1. The first-order valence-electron chi connectivity index (χ1n) is 8.39. The maximum atomic E-state index is 12.9. The van der Waals surface area contributed by atoms with Crippen molar-refractivity contribution < 1.29 is 8.42 Å². The first-order valence-corrected chi connectivity index (χ1v) is 9.88. The van der Waals surface area contributed by atoms with E-state index < -0.39 is 10.0 Å². The van der Waals surface area contributed by atoms with Crippen molar-refractivity contribution in [3.05, 3.63) is 89.5 Å². The Morgan fingerprint density at radius 3 is 1.84 bits per heavy atom. The van der Waals surface area contributed by atoms with Gasteiger partial charge < -0.3 is 0 Å². The van der Waals surface area contributed by atoms with Crippen LogP contribution in [0.5, 0.6) is 0 Å². The van der Waals surface area contributed by atoms with Gasteiger partial charge in [-0.2, -0.15) is 4.72 Å². The fraction of sp³-hybridized carbons (Fsp3) is 0.143. The molecular weight excluding hydrogens is 330 g/mol. The molecule has 126 valence electrons. The van der Waals surface area contributed by atoms with E-state index in [1.807, 2.05) is 67.6 Å². The van der Waals surface area contributed by atoms with Crippen LogP contribution in [0, 0.1) is 0 Å². The predicted octanol–water partition coefficient (Wildman–Crippen LogP) is 4.30. The monoisotopic (exact) mass is 349 g/mol. The van der Waals surface area contributed by atoms with E-state index in [4.69, 9.17) is 0 Å². The minimum atomic E-state index is -3.60. The molecule has 0 atom stereocenters. The Labute approximate surface area is 148 Å². The van der Waals surface area contributed by atoms with E-state index in [-0.39, 0.29) is 6.04 Å². The smallest absolute Gasteiger partial charge is 0.207 e. The Morgan fingerprint density at radius 1 is 0.800 bits per heavy atom. The van der Waals surface area contributed by atoms with Gasteiger partial charge in [0.15, 0.2) is 0 Å². The molecule has 3 aromatic rings. The van der Waals surface area contributed by atoms with Gasteiger partial charge in [-0.15, -0.1) is 0 Å².